The largest absolute Gasteiger partial charge is 0.381 e. The van der Waals surface area contributed by atoms with E-state index in [9.17, 15) is 9.59 Å². The van der Waals surface area contributed by atoms with Crippen molar-refractivity contribution in [1.82, 2.24) is 10.3 Å². The van der Waals surface area contributed by atoms with Crippen molar-refractivity contribution in [2.45, 2.75) is 13.0 Å². The number of carbonyl (C=O) groups excluding carboxylic acids is 2. The summed E-state index contributed by atoms with van der Waals surface area (Å²) in [5, 5.41) is 11.6. The van der Waals surface area contributed by atoms with Gasteiger partial charge in [-0.3, -0.25) is 9.59 Å². The van der Waals surface area contributed by atoms with Crippen molar-refractivity contribution in [3.8, 4) is 11.3 Å². The molecule has 0 radical (unpaired) electrons. The summed E-state index contributed by atoms with van der Waals surface area (Å²) in [4.78, 5) is 29.9. The molecule has 0 spiro atoms. The highest BCUT2D eigenvalue weighted by molar-refractivity contribution is 7.21. The number of hydrogen-bond acceptors (Lipinski definition) is 5. The van der Waals surface area contributed by atoms with Gasteiger partial charge in [0.05, 0.1) is 27.6 Å². The first-order chi connectivity index (χ1) is 15.4. The molecule has 0 fully saturated rings. The number of carbonyl (C=O) groups is 2. The molecular weight excluding hydrogens is 444 g/mol. The first kappa shape index (κ1) is 20.5. The van der Waals surface area contributed by atoms with Crippen molar-refractivity contribution < 1.29 is 9.59 Å². The van der Waals surface area contributed by atoms with E-state index in [4.69, 9.17) is 16.6 Å². The molecule has 0 bridgehead atoms. The number of thiophene rings is 1. The number of benzene rings is 2. The van der Waals surface area contributed by atoms with E-state index in [1.807, 2.05) is 37.3 Å². The summed E-state index contributed by atoms with van der Waals surface area (Å²) in [6.45, 7) is 6.11. The maximum atomic E-state index is 12.6. The standard InChI is InChI=1S/C24H19ClN4O2S/c1-3-20(30)29-18-10-13(4-6-15(18)25)16-7-5-14-17(28-16)8-9-19-21(14)22-23(32-19)24(31)27-12(2)11-26-22/h3-10,12,26H,1,11H2,2H3,(H,27,31)(H,29,30)/t12-/m1/s1. The Labute approximate surface area is 193 Å². The van der Waals surface area contributed by atoms with E-state index in [1.54, 1.807) is 12.1 Å². The van der Waals surface area contributed by atoms with Crippen molar-refractivity contribution in [1.29, 1.82) is 0 Å². The number of aromatic nitrogens is 1. The van der Waals surface area contributed by atoms with Crippen LogP contribution in [0.25, 0.3) is 32.2 Å². The first-order valence-corrected chi connectivity index (χ1v) is 11.3. The fourth-order valence-electron chi connectivity index (χ4n) is 3.85. The Kier molecular flexibility index (Phi) is 5.07. The summed E-state index contributed by atoms with van der Waals surface area (Å²) in [6.07, 6.45) is 1.20. The van der Waals surface area contributed by atoms with Crippen LogP contribution in [0.1, 0.15) is 16.6 Å². The van der Waals surface area contributed by atoms with Crippen LogP contribution in [0.5, 0.6) is 0 Å². The molecule has 32 heavy (non-hydrogen) atoms. The number of rotatable bonds is 3. The van der Waals surface area contributed by atoms with Gasteiger partial charge < -0.3 is 16.0 Å². The summed E-state index contributed by atoms with van der Waals surface area (Å²) in [5.41, 5.74) is 3.77. The monoisotopic (exact) mass is 462 g/mol. The van der Waals surface area contributed by atoms with Gasteiger partial charge in [0.25, 0.3) is 5.91 Å². The smallest absolute Gasteiger partial charge is 0.263 e. The minimum absolute atomic E-state index is 0.0494. The lowest BCUT2D eigenvalue weighted by Gasteiger charge is -2.11. The molecule has 1 atom stereocenters. The van der Waals surface area contributed by atoms with Crippen LogP contribution in [0.15, 0.2) is 55.1 Å². The zero-order chi connectivity index (χ0) is 22.4. The Hall–Kier alpha value is -3.42. The van der Waals surface area contributed by atoms with Gasteiger partial charge in [-0.15, -0.1) is 11.3 Å². The van der Waals surface area contributed by atoms with E-state index in [-0.39, 0.29) is 17.9 Å². The average Bonchev–Trinajstić information content (AvgIpc) is 3.11. The van der Waals surface area contributed by atoms with Crippen LogP contribution in [0.4, 0.5) is 11.4 Å². The lowest BCUT2D eigenvalue weighted by molar-refractivity contribution is -0.111. The maximum absolute atomic E-state index is 12.6. The number of nitrogens with one attached hydrogen (secondary N) is 3. The molecule has 8 heteroatoms. The van der Waals surface area contributed by atoms with Crippen LogP contribution in [0.3, 0.4) is 0 Å². The minimum Gasteiger partial charge on any atom is -0.381 e. The van der Waals surface area contributed by atoms with Crippen LogP contribution >= 0.6 is 22.9 Å². The lowest BCUT2D eigenvalue weighted by Crippen LogP contribution is -2.34. The molecule has 1 aliphatic rings. The predicted molar refractivity (Wildman–Crippen MR) is 132 cm³/mol. The van der Waals surface area contributed by atoms with Crippen LogP contribution in [0.2, 0.25) is 5.02 Å². The molecule has 6 nitrogen and oxygen atoms in total. The summed E-state index contributed by atoms with van der Waals surface area (Å²) in [5.74, 6) is -0.381. The Morgan fingerprint density at radius 1 is 1.28 bits per heavy atom. The molecule has 5 rings (SSSR count). The van der Waals surface area contributed by atoms with E-state index in [0.717, 1.165) is 37.9 Å². The molecular formula is C24H19ClN4O2S. The molecule has 0 unspecified atom stereocenters. The van der Waals surface area contributed by atoms with E-state index >= 15 is 0 Å². The number of pyridine rings is 1. The van der Waals surface area contributed by atoms with E-state index < -0.39 is 0 Å². The quantitative estimate of drug-likeness (QED) is 0.354. The van der Waals surface area contributed by atoms with Gasteiger partial charge >= 0.3 is 0 Å². The van der Waals surface area contributed by atoms with Crippen molar-refractivity contribution in [3.05, 3.63) is 65.0 Å². The Morgan fingerprint density at radius 2 is 2.12 bits per heavy atom. The van der Waals surface area contributed by atoms with Crippen LogP contribution in [-0.4, -0.2) is 29.4 Å². The molecule has 1 aliphatic heterocycles. The second-order valence-corrected chi connectivity index (χ2v) is 9.11. The fourth-order valence-corrected chi connectivity index (χ4v) is 5.11. The molecule has 0 aliphatic carbocycles. The molecule has 3 N–H and O–H groups in total. The molecule has 0 saturated heterocycles. The molecule has 3 heterocycles. The molecule has 0 saturated carbocycles. The van der Waals surface area contributed by atoms with Crippen molar-refractivity contribution in [2.24, 2.45) is 0 Å². The first-order valence-electron chi connectivity index (χ1n) is 10.1. The fraction of sp³-hybridized carbons (Fsp3) is 0.125. The maximum Gasteiger partial charge on any atom is 0.263 e. The minimum atomic E-state index is -0.332. The lowest BCUT2D eigenvalue weighted by atomic mass is 10.1. The number of halogens is 1. The van der Waals surface area contributed by atoms with E-state index in [2.05, 4.69) is 22.5 Å². The number of fused-ring (bicyclic) bond motifs is 5. The summed E-state index contributed by atoms with van der Waals surface area (Å²) >= 11 is 7.71. The number of amides is 2. The number of anilines is 2. The third kappa shape index (κ3) is 3.49. The van der Waals surface area contributed by atoms with E-state index in [0.29, 0.717) is 22.1 Å². The second kappa shape index (κ2) is 7.93. The molecule has 2 aromatic heterocycles. The van der Waals surface area contributed by atoms with Gasteiger partial charge in [-0.05, 0) is 49.4 Å². The molecule has 2 amide bonds. The van der Waals surface area contributed by atoms with Crippen LogP contribution < -0.4 is 16.0 Å². The van der Waals surface area contributed by atoms with Gasteiger partial charge in [0.15, 0.2) is 0 Å². The molecule has 4 aromatic rings. The molecule has 160 valence electrons. The van der Waals surface area contributed by atoms with Gasteiger partial charge in [-0.2, -0.15) is 0 Å². The van der Waals surface area contributed by atoms with Gasteiger partial charge in [0.1, 0.15) is 4.88 Å². The van der Waals surface area contributed by atoms with Crippen molar-refractivity contribution >= 4 is 67.1 Å². The van der Waals surface area contributed by atoms with Gasteiger partial charge in [0, 0.05) is 33.6 Å². The second-order valence-electron chi connectivity index (χ2n) is 7.65. The highest BCUT2D eigenvalue weighted by Gasteiger charge is 2.24. The SMILES string of the molecule is C=CC(=O)Nc1cc(-c2ccc3c(ccc4sc5c(c43)NC[C@@H](C)NC5=O)n2)ccc1Cl. The average molecular weight is 463 g/mol. The highest BCUT2D eigenvalue weighted by Crippen LogP contribution is 2.41. The number of nitrogens with zero attached hydrogens (tertiary/aromatic N) is 1. The van der Waals surface area contributed by atoms with Gasteiger partial charge in [0.2, 0.25) is 5.91 Å². The van der Waals surface area contributed by atoms with Gasteiger partial charge in [-0.25, -0.2) is 4.98 Å². The Bertz CT molecular complexity index is 1430. The predicted octanol–water partition coefficient (Wildman–Crippen LogP) is 5.44. The zero-order valence-corrected chi connectivity index (χ0v) is 18.7. The van der Waals surface area contributed by atoms with Crippen LogP contribution in [0, 0.1) is 0 Å². The Balaban J connectivity index is 1.62. The third-order valence-corrected chi connectivity index (χ3v) is 6.88. The normalized spacial score (nSPS) is 15.6. The third-order valence-electron chi connectivity index (χ3n) is 5.40. The van der Waals surface area contributed by atoms with Crippen molar-refractivity contribution in [3.63, 3.8) is 0 Å². The van der Waals surface area contributed by atoms with Crippen molar-refractivity contribution in [2.75, 3.05) is 17.2 Å². The topological polar surface area (TPSA) is 83.1 Å². The summed E-state index contributed by atoms with van der Waals surface area (Å²) < 4.78 is 1.04. The Morgan fingerprint density at radius 3 is 2.94 bits per heavy atom. The highest BCUT2D eigenvalue weighted by atomic mass is 35.5. The number of hydrogen-bond donors (Lipinski definition) is 3. The summed E-state index contributed by atoms with van der Waals surface area (Å²) in [7, 11) is 0. The zero-order valence-electron chi connectivity index (χ0n) is 17.2. The molecule has 2 aromatic carbocycles. The van der Waals surface area contributed by atoms with E-state index in [1.165, 1.54) is 17.4 Å². The van der Waals surface area contributed by atoms with Gasteiger partial charge in [-0.1, -0.05) is 24.2 Å². The summed E-state index contributed by atoms with van der Waals surface area (Å²) in [6, 6.07) is 13.4. The van der Waals surface area contributed by atoms with Crippen LogP contribution in [-0.2, 0) is 4.79 Å².